The van der Waals surface area contributed by atoms with Crippen LogP contribution in [0.25, 0.3) is 22.0 Å². The molecular formula is C24H19F2N5O2. The smallest absolute Gasteiger partial charge is 0.257 e. The van der Waals surface area contributed by atoms with E-state index in [0.717, 1.165) is 0 Å². The Morgan fingerprint density at radius 2 is 2.06 bits per heavy atom. The minimum absolute atomic E-state index is 0.102. The lowest BCUT2D eigenvalue weighted by Gasteiger charge is -2.20. The van der Waals surface area contributed by atoms with Gasteiger partial charge < -0.3 is 9.64 Å². The number of nitrogens with zero attached hydrogens (tertiary/aromatic N) is 4. The van der Waals surface area contributed by atoms with Crippen molar-refractivity contribution in [2.75, 3.05) is 13.7 Å². The fraction of sp³-hybridized carbons (Fsp3) is 0.167. The number of fused-ring (bicyclic) bond motifs is 1. The molecule has 0 aliphatic carbocycles. The van der Waals surface area contributed by atoms with Crippen molar-refractivity contribution >= 4 is 16.8 Å². The van der Waals surface area contributed by atoms with Crippen molar-refractivity contribution in [1.29, 1.82) is 5.26 Å². The number of carbonyl (C=O) groups excluding carboxylic acids is 1. The molecule has 1 N–H and O–H groups in total. The van der Waals surface area contributed by atoms with Crippen molar-refractivity contribution in [2.45, 2.75) is 13.5 Å². The average molecular weight is 447 g/mol. The Balaban J connectivity index is 1.68. The number of aromatic nitrogens is 3. The molecule has 166 valence electrons. The highest BCUT2D eigenvalue weighted by molar-refractivity contribution is 5.96. The number of carbonyl (C=O) groups is 1. The predicted octanol–water partition coefficient (Wildman–Crippen LogP) is 4.45. The van der Waals surface area contributed by atoms with Gasteiger partial charge in [0.05, 0.1) is 29.3 Å². The first-order chi connectivity index (χ1) is 15.9. The molecule has 0 bridgehead atoms. The van der Waals surface area contributed by atoms with Gasteiger partial charge in [-0.3, -0.25) is 9.89 Å². The first kappa shape index (κ1) is 21.9. The molecule has 2 heterocycles. The summed E-state index contributed by atoms with van der Waals surface area (Å²) in [5.74, 6) is -1.97. The lowest BCUT2D eigenvalue weighted by Crippen LogP contribution is -2.27. The van der Waals surface area contributed by atoms with Crippen LogP contribution >= 0.6 is 0 Å². The molecule has 0 saturated heterocycles. The van der Waals surface area contributed by atoms with E-state index in [9.17, 15) is 14.4 Å². The molecule has 0 atom stereocenters. The van der Waals surface area contributed by atoms with E-state index >= 15 is 4.39 Å². The van der Waals surface area contributed by atoms with Gasteiger partial charge in [0.1, 0.15) is 11.9 Å². The van der Waals surface area contributed by atoms with Gasteiger partial charge in [0.25, 0.3) is 5.91 Å². The number of pyridine rings is 1. The van der Waals surface area contributed by atoms with E-state index < -0.39 is 17.5 Å². The molecule has 0 aliphatic heterocycles. The molecule has 2 aromatic heterocycles. The zero-order valence-electron chi connectivity index (χ0n) is 17.9. The first-order valence-electron chi connectivity index (χ1n) is 10.1. The molecular weight excluding hydrogens is 428 g/mol. The summed E-state index contributed by atoms with van der Waals surface area (Å²) in [7, 11) is 1.53. The lowest BCUT2D eigenvalue weighted by atomic mass is 10.0. The van der Waals surface area contributed by atoms with E-state index in [1.54, 1.807) is 19.1 Å². The summed E-state index contributed by atoms with van der Waals surface area (Å²) in [4.78, 5) is 18.5. The Morgan fingerprint density at radius 3 is 2.79 bits per heavy atom. The topological polar surface area (TPSA) is 94.9 Å². The number of H-pyrrole nitrogens is 1. The quantitative estimate of drug-likeness (QED) is 0.471. The largest absolute Gasteiger partial charge is 0.490 e. The number of amides is 1. The van der Waals surface area contributed by atoms with Crippen LogP contribution in [-0.4, -0.2) is 39.6 Å². The molecule has 33 heavy (non-hydrogen) atoms. The summed E-state index contributed by atoms with van der Waals surface area (Å²) in [5, 5.41) is 16.5. The predicted molar refractivity (Wildman–Crippen MR) is 117 cm³/mol. The fourth-order valence-electron chi connectivity index (χ4n) is 3.62. The number of rotatable bonds is 6. The number of halogens is 2. The molecule has 4 rings (SSSR count). The second-order valence-corrected chi connectivity index (χ2v) is 7.31. The number of aromatic amines is 1. The van der Waals surface area contributed by atoms with Crippen LogP contribution in [0.3, 0.4) is 0 Å². The van der Waals surface area contributed by atoms with Crippen molar-refractivity contribution < 1.29 is 18.3 Å². The number of nitrogens with one attached hydrogen (secondary N) is 1. The van der Waals surface area contributed by atoms with Crippen molar-refractivity contribution in [1.82, 2.24) is 20.1 Å². The van der Waals surface area contributed by atoms with E-state index in [4.69, 9.17) is 4.74 Å². The third-order valence-electron chi connectivity index (χ3n) is 5.18. The van der Waals surface area contributed by atoms with Crippen LogP contribution in [0.1, 0.15) is 28.5 Å². The Hall–Kier alpha value is -4.32. The maximum absolute atomic E-state index is 15.4. The van der Waals surface area contributed by atoms with Gasteiger partial charge in [-0.25, -0.2) is 13.8 Å². The van der Waals surface area contributed by atoms with Crippen molar-refractivity contribution in [3.8, 4) is 22.9 Å². The van der Waals surface area contributed by atoms with Crippen LogP contribution in [0.4, 0.5) is 8.78 Å². The second kappa shape index (κ2) is 9.04. The summed E-state index contributed by atoms with van der Waals surface area (Å²) in [6.07, 6.45) is 2.98. The van der Waals surface area contributed by atoms with Gasteiger partial charge in [0.15, 0.2) is 17.3 Å². The fourth-order valence-corrected chi connectivity index (χ4v) is 3.62. The van der Waals surface area contributed by atoms with Crippen LogP contribution in [-0.2, 0) is 6.54 Å². The maximum atomic E-state index is 15.4. The molecule has 9 heteroatoms. The normalized spacial score (nSPS) is 10.8. The number of ether oxygens (including phenoxy) is 1. The minimum Gasteiger partial charge on any atom is -0.490 e. The Bertz CT molecular complexity index is 1390. The van der Waals surface area contributed by atoms with Gasteiger partial charge in [-0.1, -0.05) is 12.1 Å². The van der Waals surface area contributed by atoms with Crippen molar-refractivity contribution in [3.63, 3.8) is 0 Å². The molecule has 4 aromatic rings. The zero-order valence-corrected chi connectivity index (χ0v) is 17.9. The highest BCUT2D eigenvalue weighted by Crippen LogP contribution is 2.35. The number of benzene rings is 2. The first-order valence-corrected chi connectivity index (χ1v) is 10.1. The standard InChI is InChI=1S/C24H19F2N5O2/c1-3-33-23-17(14-5-4-6-16(25)9-14)7-8-18(21(23)26)24(32)31(2)13-15-11-28-20(10-27)19-12-29-30-22(15)19/h4-9,11-12H,3,13H2,1-2H3,(H,29,30). The summed E-state index contributed by atoms with van der Waals surface area (Å²) >= 11 is 0. The molecule has 0 spiro atoms. The van der Waals surface area contributed by atoms with E-state index in [1.165, 1.54) is 48.6 Å². The van der Waals surface area contributed by atoms with Crippen molar-refractivity contribution in [2.24, 2.45) is 0 Å². The Labute approximate surface area is 188 Å². The minimum atomic E-state index is -0.819. The Kier molecular flexibility index (Phi) is 6.00. The molecule has 2 aromatic carbocycles. The average Bonchev–Trinajstić information content (AvgIpc) is 3.31. The summed E-state index contributed by atoms with van der Waals surface area (Å²) < 4.78 is 34.6. The third kappa shape index (κ3) is 4.11. The molecule has 0 saturated carbocycles. The van der Waals surface area contributed by atoms with E-state index in [0.29, 0.717) is 27.6 Å². The summed E-state index contributed by atoms with van der Waals surface area (Å²) in [5.41, 5.74) is 2.04. The van der Waals surface area contributed by atoms with E-state index in [2.05, 4.69) is 15.2 Å². The van der Waals surface area contributed by atoms with Crippen LogP contribution in [0.2, 0.25) is 0 Å². The number of hydrogen-bond acceptors (Lipinski definition) is 5. The SMILES string of the molecule is CCOc1c(-c2cccc(F)c2)ccc(C(=O)N(C)Cc2cnc(C#N)c3cn[nH]c23)c1F. The van der Waals surface area contributed by atoms with Crippen LogP contribution < -0.4 is 4.74 Å². The van der Waals surface area contributed by atoms with E-state index in [1.807, 2.05) is 6.07 Å². The lowest BCUT2D eigenvalue weighted by molar-refractivity contribution is 0.0780. The maximum Gasteiger partial charge on any atom is 0.257 e. The second-order valence-electron chi connectivity index (χ2n) is 7.31. The summed E-state index contributed by atoms with van der Waals surface area (Å²) in [6, 6.07) is 10.6. The third-order valence-corrected chi connectivity index (χ3v) is 5.18. The van der Waals surface area contributed by atoms with Gasteiger partial charge in [-0.05, 0) is 36.8 Å². The van der Waals surface area contributed by atoms with Crippen LogP contribution in [0, 0.1) is 23.0 Å². The highest BCUT2D eigenvalue weighted by atomic mass is 19.1. The van der Waals surface area contributed by atoms with Gasteiger partial charge in [0.2, 0.25) is 0 Å². The van der Waals surface area contributed by atoms with Gasteiger partial charge in [-0.15, -0.1) is 0 Å². The molecule has 0 aliphatic rings. The van der Waals surface area contributed by atoms with Gasteiger partial charge in [-0.2, -0.15) is 10.4 Å². The molecule has 1 amide bonds. The molecule has 0 fully saturated rings. The monoisotopic (exact) mass is 447 g/mol. The number of hydrogen-bond donors (Lipinski definition) is 1. The molecule has 7 nitrogen and oxygen atoms in total. The van der Waals surface area contributed by atoms with Crippen molar-refractivity contribution in [3.05, 3.63) is 77.2 Å². The number of nitriles is 1. The van der Waals surface area contributed by atoms with E-state index in [-0.39, 0.29) is 30.2 Å². The van der Waals surface area contributed by atoms with Crippen LogP contribution in [0.15, 0.2) is 48.8 Å². The summed E-state index contributed by atoms with van der Waals surface area (Å²) in [6.45, 7) is 1.97. The molecule has 0 unspecified atom stereocenters. The highest BCUT2D eigenvalue weighted by Gasteiger charge is 2.24. The Morgan fingerprint density at radius 1 is 1.24 bits per heavy atom. The zero-order chi connectivity index (χ0) is 23.5. The van der Waals surface area contributed by atoms with Gasteiger partial charge in [0, 0.05) is 30.9 Å². The molecule has 0 radical (unpaired) electrons. The van der Waals surface area contributed by atoms with Crippen LogP contribution in [0.5, 0.6) is 5.75 Å². The van der Waals surface area contributed by atoms with Gasteiger partial charge >= 0.3 is 0 Å².